The first-order valence-corrected chi connectivity index (χ1v) is 10.4. The van der Waals surface area contributed by atoms with Crippen molar-refractivity contribution in [2.24, 2.45) is 5.73 Å². The van der Waals surface area contributed by atoms with E-state index in [1.165, 1.54) is 4.31 Å². The molecule has 0 bridgehead atoms. The Morgan fingerprint density at radius 2 is 1.88 bits per heavy atom. The van der Waals surface area contributed by atoms with Crippen molar-refractivity contribution in [1.82, 2.24) is 9.21 Å². The Morgan fingerprint density at radius 3 is 2.44 bits per heavy atom. The van der Waals surface area contributed by atoms with Crippen molar-refractivity contribution < 1.29 is 13.2 Å². The number of nitrogens with two attached hydrogens (primary N) is 1. The fourth-order valence-electron chi connectivity index (χ4n) is 3.19. The summed E-state index contributed by atoms with van der Waals surface area (Å²) in [5.74, 6) is 0.120. The van der Waals surface area contributed by atoms with Crippen LogP contribution in [0.25, 0.3) is 0 Å². The van der Waals surface area contributed by atoms with E-state index in [9.17, 15) is 13.2 Å². The van der Waals surface area contributed by atoms with Crippen molar-refractivity contribution >= 4 is 15.9 Å². The van der Waals surface area contributed by atoms with Gasteiger partial charge in [0, 0.05) is 38.6 Å². The lowest BCUT2D eigenvalue weighted by Gasteiger charge is -2.30. The minimum Gasteiger partial charge on any atom is -0.341 e. The van der Waals surface area contributed by atoms with Gasteiger partial charge in [0.25, 0.3) is 0 Å². The van der Waals surface area contributed by atoms with Crippen LogP contribution in [0.1, 0.15) is 38.7 Å². The largest absolute Gasteiger partial charge is 0.341 e. The number of aryl methyl sites for hydroxylation is 1. The van der Waals surface area contributed by atoms with Gasteiger partial charge in [-0.1, -0.05) is 26.0 Å². The number of amides is 1. The van der Waals surface area contributed by atoms with Gasteiger partial charge in [0.1, 0.15) is 0 Å². The summed E-state index contributed by atoms with van der Waals surface area (Å²) < 4.78 is 26.4. The van der Waals surface area contributed by atoms with E-state index < -0.39 is 10.0 Å². The van der Waals surface area contributed by atoms with Crippen molar-refractivity contribution in [2.45, 2.75) is 50.5 Å². The number of carbonyl (C=O) groups excluding carboxylic acids is 1. The molecule has 1 unspecified atom stereocenters. The van der Waals surface area contributed by atoms with Gasteiger partial charge in [-0.25, -0.2) is 8.42 Å². The van der Waals surface area contributed by atoms with Crippen LogP contribution in [0.5, 0.6) is 0 Å². The van der Waals surface area contributed by atoms with Crippen LogP contribution in [-0.2, 0) is 21.2 Å². The number of rotatable bonds is 7. The van der Waals surface area contributed by atoms with Crippen molar-refractivity contribution in [3.8, 4) is 0 Å². The Kier molecular flexibility index (Phi) is 6.98. The van der Waals surface area contributed by atoms with Gasteiger partial charge in [0.2, 0.25) is 15.9 Å². The Hall–Kier alpha value is -1.44. The lowest BCUT2D eigenvalue weighted by Crippen LogP contribution is -2.45. The summed E-state index contributed by atoms with van der Waals surface area (Å²) in [4.78, 5) is 14.4. The van der Waals surface area contributed by atoms with E-state index >= 15 is 0 Å². The number of nitrogens with zero attached hydrogens (tertiary/aromatic N) is 2. The molecule has 1 amide bonds. The molecular formula is C18H29N3O3S. The van der Waals surface area contributed by atoms with Crippen LogP contribution < -0.4 is 5.73 Å². The van der Waals surface area contributed by atoms with Crippen LogP contribution in [-0.4, -0.2) is 55.8 Å². The molecule has 0 spiro atoms. The normalized spacial score (nSPS) is 18.6. The average molecular weight is 368 g/mol. The number of hydrogen-bond donors (Lipinski definition) is 1. The van der Waals surface area contributed by atoms with Crippen molar-refractivity contribution in [2.75, 3.05) is 26.2 Å². The molecule has 2 rings (SSSR count). The van der Waals surface area contributed by atoms with Gasteiger partial charge in [-0.15, -0.1) is 0 Å². The molecule has 1 heterocycles. The standard InChI is InChI=1S/C18H29N3O3S/c1-3-21(4-2)25(23,24)17-10-7-15(8-11-17)9-12-18(22)20-13-5-6-16(19)14-20/h7-8,10-11,16H,3-6,9,12-14,19H2,1-2H3. The molecule has 1 saturated heterocycles. The van der Waals surface area contributed by atoms with Gasteiger partial charge >= 0.3 is 0 Å². The van der Waals surface area contributed by atoms with Crippen LogP contribution in [0, 0.1) is 0 Å². The highest BCUT2D eigenvalue weighted by atomic mass is 32.2. The zero-order valence-electron chi connectivity index (χ0n) is 15.1. The Morgan fingerprint density at radius 1 is 1.24 bits per heavy atom. The summed E-state index contributed by atoms with van der Waals surface area (Å²) in [5, 5.41) is 0. The first-order chi connectivity index (χ1) is 11.9. The summed E-state index contributed by atoms with van der Waals surface area (Å²) in [6.07, 6.45) is 2.97. The molecule has 25 heavy (non-hydrogen) atoms. The van der Waals surface area contributed by atoms with E-state index in [0.29, 0.717) is 37.4 Å². The summed E-state index contributed by atoms with van der Waals surface area (Å²) in [7, 11) is -3.43. The molecule has 1 aromatic rings. The first-order valence-electron chi connectivity index (χ1n) is 9.01. The summed E-state index contributed by atoms with van der Waals surface area (Å²) in [6.45, 7) is 5.98. The predicted octanol–water partition coefficient (Wildman–Crippen LogP) is 1.60. The number of hydrogen-bond acceptors (Lipinski definition) is 4. The van der Waals surface area contributed by atoms with Gasteiger partial charge in [-0.05, 0) is 37.0 Å². The zero-order chi connectivity index (χ0) is 18.4. The van der Waals surface area contributed by atoms with Crippen molar-refractivity contribution in [3.63, 3.8) is 0 Å². The molecule has 0 radical (unpaired) electrons. The third-order valence-corrected chi connectivity index (χ3v) is 6.77. The molecule has 7 heteroatoms. The van der Waals surface area contributed by atoms with Crippen molar-refractivity contribution in [1.29, 1.82) is 0 Å². The molecule has 0 aliphatic carbocycles. The molecule has 1 aliphatic heterocycles. The smallest absolute Gasteiger partial charge is 0.243 e. The molecule has 1 atom stereocenters. The van der Waals surface area contributed by atoms with E-state index in [1.807, 2.05) is 18.7 Å². The lowest BCUT2D eigenvalue weighted by atomic mass is 10.0. The van der Waals surface area contributed by atoms with E-state index in [0.717, 1.165) is 24.9 Å². The van der Waals surface area contributed by atoms with Crippen molar-refractivity contribution in [3.05, 3.63) is 29.8 Å². The average Bonchev–Trinajstić information content (AvgIpc) is 2.61. The number of carbonyl (C=O) groups is 1. The van der Waals surface area contributed by atoms with Gasteiger partial charge < -0.3 is 10.6 Å². The molecule has 1 aliphatic rings. The van der Waals surface area contributed by atoms with E-state index in [1.54, 1.807) is 24.3 Å². The molecule has 1 fully saturated rings. The second-order valence-electron chi connectivity index (χ2n) is 6.48. The van der Waals surface area contributed by atoms with Crippen LogP contribution in [0.4, 0.5) is 0 Å². The highest BCUT2D eigenvalue weighted by molar-refractivity contribution is 7.89. The van der Waals surface area contributed by atoms with Crippen LogP contribution in [0.15, 0.2) is 29.2 Å². The summed E-state index contributed by atoms with van der Waals surface area (Å²) in [5.41, 5.74) is 6.89. The quantitative estimate of drug-likeness (QED) is 0.793. The maximum Gasteiger partial charge on any atom is 0.243 e. The number of sulfonamides is 1. The molecule has 0 saturated carbocycles. The summed E-state index contributed by atoms with van der Waals surface area (Å²) >= 11 is 0. The van der Waals surface area contributed by atoms with Crippen LogP contribution in [0.2, 0.25) is 0 Å². The monoisotopic (exact) mass is 367 g/mol. The molecular weight excluding hydrogens is 338 g/mol. The molecule has 1 aromatic carbocycles. The van der Waals surface area contributed by atoms with Gasteiger partial charge in [-0.2, -0.15) is 4.31 Å². The van der Waals surface area contributed by atoms with Gasteiger partial charge in [0.05, 0.1) is 4.90 Å². The number of benzene rings is 1. The van der Waals surface area contributed by atoms with Gasteiger partial charge in [-0.3, -0.25) is 4.79 Å². The molecule has 2 N–H and O–H groups in total. The lowest BCUT2D eigenvalue weighted by molar-refractivity contribution is -0.132. The van der Waals surface area contributed by atoms with E-state index in [4.69, 9.17) is 5.73 Å². The fraction of sp³-hybridized carbons (Fsp3) is 0.611. The maximum absolute atomic E-state index is 12.5. The highest BCUT2D eigenvalue weighted by Gasteiger charge is 2.22. The topological polar surface area (TPSA) is 83.7 Å². The predicted molar refractivity (Wildman–Crippen MR) is 98.7 cm³/mol. The third kappa shape index (κ3) is 5.03. The third-order valence-electron chi connectivity index (χ3n) is 4.70. The second-order valence-corrected chi connectivity index (χ2v) is 8.41. The SMILES string of the molecule is CCN(CC)S(=O)(=O)c1ccc(CCC(=O)N2CCCC(N)C2)cc1. The Labute approximate surface area is 151 Å². The molecule has 140 valence electrons. The van der Waals surface area contributed by atoms with E-state index in [2.05, 4.69) is 0 Å². The fourth-order valence-corrected chi connectivity index (χ4v) is 4.64. The summed E-state index contributed by atoms with van der Waals surface area (Å²) in [6, 6.07) is 6.94. The highest BCUT2D eigenvalue weighted by Crippen LogP contribution is 2.17. The van der Waals surface area contributed by atoms with Crippen LogP contribution >= 0.6 is 0 Å². The first kappa shape index (κ1) is 19.9. The van der Waals surface area contributed by atoms with E-state index in [-0.39, 0.29) is 11.9 Å². The van der Waals surface area contributed by atoms with Crippen LogP contribution in [0.3, 0.4) is 0 Å². The maximum atomic E-state index is 12.5. The molecule has 6 nitrogen and oxygen atoms in total. The zero-order valence-corrected chi connectivity index (χ0v) is 16.0. The minimum atomic E-state index is -3.43. The Bertz CT molecular complexity index is 669. The Balaban J connectivity index is 1.95. The number of piperidine rings is 1. The van der Waals surface area contributed by atoms with Gasteiger partial charge in [0.15, 0.2) is 0 Å². The number of likely N-dealkylation sites (tertiary alicyclic amines) is 1. The molecule has 0 aromatic heterocycles. The minimum absolute atomic E-state index is 0.0854. The second kappa shape index (κ2) is 8.78.